The monoisotopic (exact) mass is 348 g/mol. The number of carbonyl (C=O) groups is 2. The SMILES string of the molecule is CC(=O)N(C(=O)/C(C#N)=C\NCc1cccc(C)c1)c1ccc(N)cc1. The fraction of sp³-hybridized carbons (Fsp3) is 0.150. The van der Waals surface area contributed by atoms with E-state index < -0.39 is 11.8 Å². The van der Waals surface area contributed by atoms with Gasteiger partial charge in [0.1, 0.15) is 11.6 Å². The zero-order valence-corrected chi connectivity index (χ0v) is 14.7. The van der Waals surface area contributed by atoms with E-state index in [-0.39, 0.29) is 5.57 Å². The van der Waals surface area contributed by atoms with Crippen LogP contribution in [0.3, 0.4) is 0 Å². The number of carbonyl (C=O) groups excluding carboxylic acids is 2. The van der Waals surface area contributed by atoms with Gasteiger partial charge in [0, 0.05) is 25.4 Å². The third kappa shape index (κ3) is 4.71. The molecule has 0 aliphatic heterocycles. The first-order chi connectivity index (χ1) is 12.4. The second-order valence-electron chi connectivity index (χ2n) is 5.79. The highest BCUT2D eigenvalue weighted by Crippen LogP contribution is 2.18. The number of hydrogen-bond acceptors (Lipinski definition) is 5. The van der Waals surface area contributed by atoms with Gasteiger partial charge in [-0.05, 0) is 36.8 Å². The van der Waals surface area contributed by atoms with Gasteiger partial charge in [-0.25, -0.2) is 4.90 Å². The minimum atomic E-state index is -0.693. The molecular formula is C20H20N4O2. The molecule has 6 heteroatoms. The molecule has 0 radical (unpaired) electrons. The van der Waals surface area contributed by atoms with Gasteiger partial charge < -0.3 is 11.1 Å². The van der Waals surface area contributed by atoms with Crippen molar-refractivity contribution in [1.82, 2.24) is 5.32 Å². The van der Waals surface area contributed by atoms with Gasteiger partial charge in [0.15, 0.2) is 0 Å². The van der Waals surface area contributed by atoms with Crippen molar-refractivity contribution in [3.63, 3.8) is 0 Å². The van der Waals surface area contributed by atoms with E-state index >= 15 is 0 Å². The third-order valence-electron chi connectivity index (χ3n) is 3.66. The molecule has 0 spiro atoms. The lowest BCUT2D eigenvalue weighted by Crippen LogP contribution is -2.36. The van der Waals surface area contributed by atoms with Crippen LogP contribution in [0.1, 0.15) is 18.1 Å². The van der Waals surface area contributed by atoms with Crippen LogP contribution in [0, 0.1) is 18.3 Å². The van der Waals surface area contributed by atoms with Crippen LogP contribution in [0.2, 0.25) is 0 Å². The number of nitrogen functional groups attached to an aromatic ring is 1. The predicted molar refractivity (Wildman–Crippen MR) is 101 cm³/mol. The van der Waals surface area contributed by atoms with E-state index in [9.17, 15) is 14.9 Å². The number of nitrogens with zero attached hydrogens (tertiary/aromatic N) is 2. The summed E-state index contributed by atoms with van der Waals surface area (Å²) in [7, 11) is 0. The molecule has 0 saturated carbocycles. The average Bonchev–Trinajstić information content (AvgIpc) is 2.60. The van der Waals surface area contributed by atoms with Gasteiger partial charge in [0.25, 0.3) is 5.91 Å². The van der Waals surface area contributed by atoms with Crippen molar-refractivity contribution in [2.75, 3.05) is 10.6 Å². The first kappa shape index (κ1) is 18.7. The lowest BCUT2D eigenvalue weighted by Gasteiger charge is -2.19. The molecule has 132 valence electrons. The van der Waals surface area contributed by atoms with Crippen molar-refractivity contribution in [2.45, 2.75) is 20.4 Å². The maximum atomic E-state index is 12.6. The van der Waals surface area contributed by atoms with Crippen LogP contribution in [-0.4, -0.2) is 11.8 Å². The molecule has 0 aromatic heterocycles. The molecule has 2 rings (SSSR count). The van der Waals surface area contributed by atoms with E-state index in [1.807, 2.05) is 37.3 Å². The molecular weight excluding hydrogens is 328 g/mol. The van der Waals surface area contributed by atoms with Crippen LogP contribution in [0.4, 0.5) is 11.4 Å². The smallest absolute Gasteiger partial charge is 0.277 e. The Labute approximate surface area is 152 Å². The molecule has 0 fully saturated rings. The molecule has 0 unspecified atom stereocenters. The van der Waals surface area contributed by atoms with Crippen molar-refractivity contribution in [2.24, 2.45) is 0 Å². The first-order valence-electron chi connectivity index (χ1n) is 8.02. The van der Waals surface area contributed by atoms with Crippen molar-refractivity contribution < 1.29 is 9.59 Å². The predicted octanol–water partition coefficient (Wildman–Crippen LogP) is 2.65. The highest BCUT2D eigenvalue weighted by molar-refractivity contribution is 6.21. The number of rotatable bonds is 5. The number of aryl methyl sites for hydroxylation is 1. The molecule has 2 amide bonds. The van der Waals surface area contributed by atoms with Crippen LogP contribution in [-0.2, 0) is 16.1 Å². The van der Waals surface area contributed by atoms with Crippen LogP contribution in [0.5, 0.6) is 0 Å². The van der Waals surface area contributed by atoms with E-state index in [1.165, 1.54) is 13.1 Å². The zero-order chi connectivity index (χ0) is 19.1. The summed E-state index contributed by atoms with van der Waals surface area (Å²) in [6.45, 7) is 3.71. The number of imide groups is 1. The molecule has 0 aliphatic rings. The number of anilines is 2. The molecule has 0 bridgehead atoms. The van der Waals surface area contributed by atoms with Crippen LogP contribution < -0.4 is 16.0 Å². The summed E-state index contributed by atoms with van der Waals surface area (Å²) in [5.74, 6) is -1.18. The van der Waals surface area contributed by atoms with Gasteiger partial charge in [0.2, 0.25) is 5.91 Å². The van der Waals surface area contributed by atoms with Gasteiger partial charge in [0.05, 0.1) is 5.69 Å². The Morgan fingerprint density at radius 3 is 2.50 bits per heavy atom. The number of amides is 2. The van der Waals surface area contributed by atoms with Crippen molar-refractivity contribution in [3.8, 4) is 6.07 Å². The lowest BCUT2D eigenvalue weighted by atomic mass is 10.1. The summed E-state index contributed by atoms with van der Waals surface area (Å²) in [6.07, 6.45) is 1.33. The Bertz CT molecular complexity index is 879. The summed E-state index contributed by atoms with van der Waals surface area (Å²) in [6, 6.07) is 16.0. The van der Waals surface area contributed by atoms with E-state index in [2.05, 4.69) is 5.32 Å². The number of benzene rings is 2. The molecule has 0 aliphatic carbocycles. The topological polar surface area (TPSA) is 99.2 Å². The third-order valence-corrected chi connectivity index (χ3v) is 3.66. The second-order valence-corrected chi connectivity index (χ2v) is 5.79. The standard InChI is InChI=1S/C20H20N4O2/c1-14-4-3-5-16(10-14)12-23-13-17(11-21)20(26)24(15(2)25)19-8-6-18(22)7-9-19/h3-10,13,23H,12,22H2,1-2H3/b17-13-. The van der Waals surface area contributed by atoms with Crippen molar-refractivity contribution in [3.05, 3.63) is 71.4 Å². The number of nitrogens with two attached hydrogens (primary N) is 1. The van der Waals surface area contributed by atoms with Gasteiger partial charge in [-0.2, -0.15) is 5.26 Å². The summed E-state index contributed by atoms with van der Waals surface area (Å²) in [5, 5.41) is 12.3. The maximum Gasteiger partial charge on any atom is 0.277 e. The van der Waals surface area contributed by atoms with Gasteiger partial charge in [-0.1, -0.05) is 29.8 Å². The number of hydrogen-bond donors (Lipinski definition) is 2. The molecule has 0 atom stereocenters. The van der Waals surface area contributed by atoms with E-state index in [1.54, 1.807) is 24.3 Å². The Balaban J connectivity index is 2.18. The Kier molecular flexibility index (Phi) is 6.12. The molecule has 6 nitrogen and oxygen atoms in total. The molecule has 26 heavy (non-hydrogen) atoms. The molecule has 2 aromatic rings. The van der Waals surface area contributed by atoms with E-state index in [0.717, 1.165) is 16.0 Å². The van der Waals surface area contributed by atoms with Crippen molar-refractivity contribution >= 4 is 23.2 Å². The Hall–Kier alpha value is -3.59. The zero-order valence-electron chi connectivity index (χ0n) is 14.7. The molecule has 3 N–H and O–H groups in total. The van der Waals surface area contributed by atoms with E-state index in [0.29, 0.717) is 17.9 Å². The minimum Gasteiger partial charge on any atom is -0.399 e. The maximum absolute atomic E-state index is 12.6. The second kappa shape index (κ2) is 8.49. The van der Waals surface area contributed by atoms with Gasteiger partial charge >= 0.3 is 0 Å². The van der Waals surface area contributed by atoms with Crippen LogP contribution in [0.15, 0.2) is 60.3 Å². The van der Waals surface area contributed by atoms with Crippen LogP contribution in [0.25, 0.3) is 0 Å². The largest absolute Gasteiger partial charge is 0.399 e. The average molecular weight is 348 g/mol. The van der Waals surface area contributed by atoms with Gasteiger partial charge in [-0.15, -0.1) is 0 Å². The summed E-state index contributed by atoms with van der Waals surface area (Å²) < 4.78 is 0. The molecule has 0 saturated heterocycles. The summed E-state index contributed by atoms with van der Waals surface area (Å²) in [5.41, 5.74) is 8.49. The van der Waals surface area contributed by atoms with E-state index in [4.69, 9.17) is 5.73 Å². The highest BCUT2D eigenvalue weighted by atomic mass is 16.2. The normalized spacial score (nSPS) is 10.7. The van der Waals surface area contributed by atoms with Gasteiger partial charge in [-0.3, -0.25) is 9.59 Å². The first-order valence-corrected chi connectivity index (χ1v) is 8.02. The molecule has 0 heterocycles. The Morgan fingerprint density at radius 1 is 1.23 bits per heavy atom. The quantitative estimate of drug-likeness (QED) is 0.492. The van der Waals surface area contributed by atoms with Crippen LogP contribution >= 0.6 is 0 Å². The minimum absolute atomic E-state index is 0.162. The fourth-order valence-corrected chi connectivity index (χ4v) is 2.42. The Morgan fingerprint density at radius 2 is 1.92 bits per heavy atom. The van der Waals surface area contributed by atoms with Crippen molar-refractivity contribution in [1.29, 1.82) is 5.26 Å². The number of nitriles is 1. The summed E-state index contributed by atoms with van der Waals surface area (Å²) >= 11 is 0. The lowest BCUT2D eigenvalue weighted by molar-refractivity contribution is -0.123. The number of nitrogens with one attached hydrogen (secondary N) is 1. The highest BCUT2D eigenvalue weighted by Gasteiger charge is 2.23. The summed E-state index contributed by atoms with van der Waals surface area (Å²) in [4.78, 5) is 25.5. The fourth-order valence-electron chi connectivity index (χ4n) is 2.42. The molecule has 2 aromatic carbocycles.